The van der Waals surface area contributed by atoms with Crippen molar-refractivity contribution in [3.63, 3.8) is 0 Å². The van der Waals surface area contributed by atoms with Crippen LogP contribution in [0.1, 0.15) is 12.7 Å². The summed E-state index contributed by atoms with van der Waals surface area (Å²) in [5, 5.41) is 4.21. The van der Waals surface area contributed by atoms with Crippen molar-refractivity contribution < 1.29 is 0 Å². The Bertz CT molecular complexity index is 501. The number of halogens is 1. The number of hydrogen-bond donors (Lipinski definition) is 1. The molecule has 0 radical (unpaired) electrons. The van der Waals surface area contributed by atoms with Crippen molar-refractivity contribution in [2.45, 2.75) is 13.3 Å². The third-order valence-corrected chi connectivity index (χ3v) is 2.48. The molecule has 2 heterocycles. The Balaban J connectivity index is 2.88. The molecular formula is C7H7IN4O. The van der Waals surface area contributed by atoms with Gasteiger partial charge in [0.2, 0.25) is 0 Å². The van der Waals surface area contributed by atoms with E-state index in [9.17, 15) is 4.79 Å². The number of aryl methyl sites for hydroxylation is 1. The summed E-state index contributed by atoms with van der Waals surface area (Å²) in [4.78, 5) is 18.1. The van der Waals surface area contributed by atoms with Crippen molar-refractivity contribution in [2.24, 2.45) is 0 Å². The number of imidazole rings is 1. The molecule has 0 bridgehead atoms. The molecule has 5 nitrogen and oxygen atoms in total. The number of aromatic amines is 1. The second-order valence-corrected chi connectivity index (χ2v) is 3.54. The number of hydrogen-bond acceptors (Lipinski definition) is 3. The van der Waals surface area contributed by atoms with Crippen molar-refractivity contribution in [3.05, 3.63) is 26.2 Å². The smallest absolute Gasteiger partial charge is 0.276 e. The maximum Gasteiger partial charge on any atom is 0.276 e. The number of rotatable bonds is 1. The van der Waals surface area contributed by atoms with E-state index in [2.05, 4.69) is 15.1 Å². The summed E-state index contributed by atoms with van der Waals surface area (Å²) in [5.41, 5.74) is 0.351. The van der Waals surface area contributed by atoms with Gasteiger partial charge in [-0.25, -0.2) is 9.50 Å². The highest BCUT2D eigenvalue weighted by Gasteiger charge is 2.05. The number of H-pyrrole nitrogens is 1. The first kappa shape index (κ1) is 8.67. The molecule has 0 atom stereocenters. The molecule has 68 valence electrons. The molecule has 0 aliphatic carbocycles. The lowest BCUT2D eigenvalue weighted by Gasteiger charge is -1.97. The lowest BCUT2D eigenvalue weighted by molar-refractivity contribution is 0.781. The molecular weight excluding hydrogens is 283 g/mol. The van der Waals surface area contributed by atoms with Gasteiger partial charge in [-0.05, 0) is 0 Å². The summed E-state index contributed by atoms with van der Waals surface area (Å²) in [6.45, 7) is 1.94. The predicted octanol–water partition coefficient (Wildman–Crippen LogP) is 0.585. The van der Waals surface area contributed by atoms with Crippen LogP contribution in [0.4, 0.5) is 0 Å². The average Bonchev–Trinajstić information content (AvgIpc) is 2.48. The molecule has 0 aliphatic heterocycles. The zero-order chi connectivity index (χ0) is 9.42. The fourth-order valence-corrected chi connectivity index (χ4v) is 1.58. The maximum atomic E-state index is 11.4. The average molecular weight is 290 g/mol. The number of aromatic nitrogens is 4. The van der Waals surface area contributed by atoms with Gasteiger partial charge < -0.3 is 4.98 Å². The summed E-state index contributed by atoms with van der Waals surface area (Å²) in [5.74, 6) is 0.674. The van der Waals surface area contributed by atoms with Crippen LogP contribution in [0.3, 0.4) is 0 Å². The van der Waals surface area contributed by atoms with Crippen molar-refractivity contribution in [1.82, 2.24) is 19.6 Å². The molecule has 1 N–H and O–H groups in total. The van der Waals surface area contributed by atoms with Gasteiger partial charge in [0.25, 0.3) is 5.56 Å². The van der Waals surface area contributed by atoms with Crippen LogP contribution in [-0.2, 0) is 6.42 Å². The molecule has 0 aliphatic rings. The van der Waals surface area contributed by atoms with Gasteiger partial charge in [0, 0.05) is 29.0 Å². The molecule has 0 unspecified atom stereocenters. The van der Waals surface area contributed by atoms with E-state index in [-0.39, 0.29) is 5.56 Å². The zero-order valence-electron chi connectivity index (χ0n) is 6.91. The summed E-state index contributed by atoms with van der Waals surface area (Å²) < 4.78 is 2.26. The topological polar surface area (TPSA) is 63.1 Å². The quantitative estimate of drug-likeness (QED) is 0.782. The number of nitrogens with one attached hydrogen (secondary N) is 1. The van der Waals surface area contributed by atoms with Crippen molar-refractivity contribution in [2.75, 3.05) is 0 Å². The van der Waals surface area contributed by atoms with E-state index in [1.807, 2.05) is 29.5 Å². The Kier molecular flexibility index (Phi) is 2.06. The number of fused-ring (bicyclic) bond motifs is 1. The molecule has 6 heteroatoms. The van der Waals surface area contributed by atoms with Gasteiger partial charge in [-0.1, -0.05) is 6.92 Å². The fourth-order valence-electron chi connectivity index (χ4n) is 1.07. The first-order valence-corrected chi connectivity index (χ1v) is 4.92. The van der Waals surface area contributed by atoms with Crippen LogP contribution >= 0.6 is 22.6 Å². The molecule has 0 saturated heterocycles. The van der Waals surface area contributed by atoms with Gasteiger partial charge in [0.15, 0.2) is 9.35 Å². The molecule has 2 aromatic rings. The van der Waals surface area contributed by atoms with E-state index in [4.69, 9.17) is 0 Å². The molecule has 2 rings (SSSR count). The molecule has 0 saturated carbocycles. The molecule has 0 amide bonds. The zero-order valence-corrected chi connectivity index (χ0v) is 9.07. The fraction of sp³-hybridized carbons (Fsp3) is 0.286. The summed E-state index contributed by atoms with van der Waals surface area (Å²) in [6, 6.07) is 0. The van der Waals surface area contributed by atoms with Crippen LogP contribution in [0.2, 0.25) is 0 Å². The Morgan fingerprint density at radius 2 is 2.46 bits per heavy atom. The molecule has 0 aromatic carbocycles. The standard InChI is InChI=1S/C7H7IN4O/c1-2-5-10-6(13)4-3-9-7(8)12(4)11-5/h3H,2H2,1H3,(H,10,11,13). The van der Waals surface area contributed by atoms with Crippen LogP contribution in [0.5, 0.6) is 0 Å². The molecule has 2 aromatic heterocycles. The largest absolute Gasteiger partial charge is 0.307 e. The van der Waals surface area contributed by atoms with Crippen LogP contribution in [0.25, 0.3) is 5.52 Å². The molecule has 13 heavy (non-hydrogen) atoms. The minimum atomic E-state index is -0.137. The lowest BCUT2D eigenvalue weighted by Crippen LogP contribution is -2.15. The van der Waals surface area contributed by atoms with Crippen molar-refractivity contribution in [1.29, 1.82) is 0 Å². The second-order valence-electron chi connectivity index (χ2n) is 2.58. The first-order valence-electron chi connectivity index (χ1n) is 3.85. The van der Waals surface area contributed by atoms with Gasteiger partial charge in [-0.2, -0.15) is 5.10 Å². The van der Waals surface area contributed by atoms with Gasteiger partial charge in [-0.15, -0.1) is 0 Å². The Morgan fingerprint density at radius 3 is 3.15 bits per heavy atom. The molecule has 0 spiro atoms. The van der Waals surface area contributed by atoms with E-state index in [0.29, 0.717) is 21.6 Å². The Labute approximate surface area is 87.3 Å². The van der Waals surface area contributed by atoms with Crippen LogP contribution in [0.15, 0.2) is 11.0 Å². The second kappa shape index (κ2) is 3.09. The monoisotopic (exact) mass is 290 g/mol. The Hall–Kier alpha value is -0.920. The first-order chi connectivity index (χ1) is 6.22. The number of nitrogens with zero attached hydrogens (tertiary/aromatic N) is 3. The minimum absolute atomic E-state index is 0.137. The van der Waals surface area contributed by atoms with Gasteiger partial charge in [0.05, 0.1) is 6.20 Å². The van der Waals surface area contributed by atoms with Crippen molar-refractivity contribution >= 4 is 28.1 Å². The van der Waals surface area contributed by atoms with Crippen LogP contribution < -0.4 is 5.56 Å². The third kappa shape index (κ3) is 1.34. The molecule has 0 fully saturated rings. The van der Waals surface area contributed by atoms with Gasteiger partial charge >= 0.3 is 0 Å². The van der Waals surface area contributed by atoms with E-state index in [1.54, 1.807) is 4.52 Å². The van der Waals surface area contributed by atoms with Crippen molar-refractivity contribution in [3.8, 4) is 0 Å². The van der Waals surface area contributed by atoms with Crippen LogP contribution in [-0.4, -0.2) is 19.6 Å². The third-order valence-electron chi connectivity index (χ3n) is 1.74. The lowest BCUT2D eigenvalue weighted by atomic mass is 10.4. The summed E-state index contributed by atoms with van der Waals surface area (Å²) >= 11 is 2.04. The summed E-state index contributed by atoms with van der Waals surface area (Å²) in [6.07, 6.45) is 2.23. The normalized spacial score (nSPS) is 10.9. The Morgan fingerprint density at radius 1 is 1.69 bits per heavy atom. The van der Waals surface area contributed by atoms with E-state index >= 15 is 0 Å². The van der Waals surface area contributed by atoms with Crippen LogP contribution in [0, 0.1) is 3.83 Å². The van der Waals surface area contributed by atoms with E-state index < -0.39 is 0 Å². The highest BCUT2D eigenvalue weighted by atomic mass is 127. The highest BCUT2D eigenvalue weighted by Crippen LogP contribution is 2.02. The summed E-state index contributed by atoms with van der Waals surface area (Å²) in [7, 11) is 0. The SMILES string of the molecule is CCc1nn2c(I)ncc2c(=O)[nH]1. The van der Waals surface area contributed by atoms with Gasteiger partial charge in [-0.3, -0.25) is 4.79 Å². The highest BCUT2D eigenvalue weighted by molar-refractivity contribution is 14.1. The van der Waals surface area contributed by atoms with E-state index in [1.165, 1.54) is 6.20 Å². The predicted molar refractivity (Wildman–Crippen MR) is 55.7 cm³/mol. The maximum absolute atomic E-state index is 11.4. The minimum Gasteiger partial charge on any atom is -0.307 e. The van der Waals surface area contributed by atoms with Gasteiger partial charge in [0.1, 0.15) is 5.82 Å². The van der Waals surface area contributed by atoms with E-state index in [0.717, 1.165) is 0 Å².